The normalized spacial score (nSPS) is 17.8. The van der Waals surface area contributed by atoms with E-state index in [1.165, 1.54) is 4.90 Å². The van der Waals surface area contributed by atoms with E-state index in [0.717, 1.165) is 17.7 Å². The molecule has 1 saturated heterocycles. The predicted molar refractivity (Wildman–Crippen MR) is 78.3 cm³/mol. The Morgan fingerprint density at radius 3 is 2.67 bits per heavy atom. The Bertz CT molecular complexity index is 498. The van der Waals surface area contributed by atoms with Gasteiger partial charge in [0.05, 0.1) is 6.61 Å². The van der Waals surface area contributed by atoms with Crippen LogP contribution in [-0.2, 0) is 16.0 Å². The molecule has 5 heteroatoms. The number of aliphatic carboxylic acids is 1. The van der Waals surface area contributed by atoms with Crippen LogP contribution in [0.1, 0.15) is 31.7 Å². The number of ether oxygens (including phenoxy) is 1. The molecule has 1 heterocycles. The third kappa shape index (κ3) is 3.97. The molecule has 1 fully saturated rings. The van der Waals surface area contributed by atoms with Crippen molar-refractivity contribution in [3.05, 3.63) is 29.8 Å². The molecule has 0 aromatic heterocycles. The van der Waals surface area contributed by atoms with Crippen LogP contribution in [0.25, 0.3) is 0 Å². The summed E-state index contributed by atoms with van der Waals surface area (Å²) in [5.41, 5.74) is 1.05. The number of likely N-dealkylation sites (tertiary alicyclic amines) is 1. The third-order valence-corrected chi connectivity index (χ3v) is 3.72. The van der Waals surface area contributed by atoms with Crippen molar-refractivity contribution in [1.82, 2.24) is 4.90 Å². The van der Waals surface area contributed by atoms with Crippen molar-refractivity contribution in [2.45, 2.75) is 38.6 Å². The number of carboxylic acids is 1. The fourth-order valence-electron chi connectivity index (χ4n) is 2.64. The van der Waals surface area contributed by atoms with Gasteiger partial charge in [-0.3, -0.25) is 4.79 Å². The van der Waals surface area contributed by atoms with E-state index >= 15 is 0 Å². The lowest BCUT2D eigenvalue weighted by Gasteiger charge is -2.21. The largest absolute Gasteiger partial charge is 0.494 e. The average molecular weight is 291 g/mol. The smallest absolute Gasteiger partial charge is 0.326 e. The number of amides is 1. The molecule has 0 spiro atoms. The summed E-state index contributed by atoms with van der Waals surface area (Å²) >= 11 is 0. The molecule has 114 valence electrons. The van der Waals surface area contributed by atoms with Crippen molar-refractivity contribution >= 4 is 11.9 Å². The summed E-state index contributed by atoms with van der Waals surface area (Å²) in [6.45, 7) is 3.12. The van der Waals surface area contributed by atoms with Gasteiger partial charge >= 0.3 is 5.97 Å². The zero-order valence-corrected chi connectivity index (χ0v) is 12.2. The first-order valence-electron chi connectivity index (χ1n) is 7.36. The van der Waals surface area contributed by atoms with Gasteiger partial charge < -0.3 is 14.7 Å². The molecule has 0 bridgehead atoms. The van der Waals surface area contributed by atoms with Gasteiger partial charge in [-0.1, -0.05) is 12.1 Å². The molecule has 1 aliphatic heterocycles. The number of hydrogen-bond donors (Lipinski definition) is 1. The number of aryl methyl sites for hydroxylation is 1. The Morgan fingerprint density at radius 1 is 1.33 bits per heavy atom. The Balaban J connectivity index is 1.87. The first-order valence-corrected chi connectivity index (χ1v) is 7.36. The number of carboxylic acid groups (broad SMARTS) is 1. The molecule has 0 saturated carbocycles. The van der Waals surface area contributed by atoms with Crippen molar-refractivity contribution in [2.75, 3.05) is 13.2 Å². The summed E-state index contributed by atoms with van der Waals surface area (Å²) < 4.78 is 5.37. The number of nitrogens with zero attached hydrogens (tertiary/aromatic N) is 1. The molecule has 1 atom stereocenters. The second kappa shape index (κ2) is 7.11. The molecule has 1 aliphatic rings. The molecule has 1 unspecified atom stereocenters. The van der Waals surface area contributed by atoms with E-state index in [1.54, 1.807) is 0 Å². The maximum absolute atomic E-state index is 12.1. The average Bonchev–Trinajstić information content (AvgIpc) is 2.96. The molecular weight excluding hydrogens is 270 g/mol. The number of carbonyl (C=O) groups is 2. The monoisotopic (exact) mass is 291 g/mol. The predicted octanol–water partition coefficient (Wildman–Crippen LogP) is 2.09. The molecule has 0 radical (unpaired) electrons. The summed E-state index contributed by atoms with van der Waals surface area (Å²) in [6.07, 6.45) is 2.29. The minimum Gasteiger partial charge on any atom is -0.494 e. The minimum atomic E-state index is -0.901. The van der Waals surface area contributed by atoms with Gasteiger partial charge in [0.1, 0.15) is 11.8 Å². The van der Waals surface area contributed by atoms with Crippen LogP contribution in [0.4, 0.5) is 0 Å². The Labute approximate surface area is 124 Å². The number of carbonyl (C=O) groups excluding carboxylic acids is 1. The highest BCUT2D eigenvalue weighted by Gasteiger charge is 2.33. The second-order valence-corrected chi connectivity index (χ2v) is 5.16. The van der Waals surface area contributed by atoms with Crippen molar-refractivity contribution in [3.63, 3.8) is 0 Å². The zero-order valence-electron chi connectivity index (χ0n) is 12.2. The Hall–Kier alpha value is -2.04. The van der Waals surface area contributed by atoms with E-state index in [-0.39, 0.29) is 5.91 Å². The minimum absolute atomic E-state index is 0.0752. The molecule has 21 heavy (non-hydrogen) atoms. The van der Waals surface area contributed by atoms with Crippen LogP contribution >= 0.6 is 0 Å². The van der Waals surface area contributed by atoms with Gasteiger partial charge in [-0.25, -0.2) is 4.79 Å². The molecular formula is C16H21NO4. The van der Waals surface area contributed by atoms with Gasteiger partial charge in [-0.15, -0.1) is 0 Å². The van der Waals surface area contributed by atoms with E-state index in [1.807, 2.05) is 31.2 Å². The highest BCUT2D eigenvalue weighted by Crippen LogP contribution is 2.19. The topological polar surface area (TPSA) is 66.8 Å². The van der Waals surface area contributed by atoms with Gasteiger partial charge in [-0.2, -0.15) is 0 Å². The van der Waals surface area contributed by atoms with Gasteiger partial charge in [0.15, 0.2) is 0 Å². The molecule has 1 aromatic rings. The fraction of sp³-hybridized carbons (Fsp3) is 0.500. The molecule has 1 N–H and O–H groups in total. The highest BCUT2D eigenvalue weighted by molar-refractivity contribution is 5.84. The molecule has 5 nitrogen and oxygen atoms in total. The van der Waals surface area contributed by atoms with Crippen LogP contribution in [0.2, 0.25) is 0 Å². The van der Waals surface area contributed by atoms with Crippen LogP contribution in [0.3, 0.4) is 0 Å². The lowest BCUT2D eigenvalue weighted by molar-refractivity contribution is -0.148. The first-order chi connectivity index (χ1) is 10.1. The van der Waals surface area contributed by atoms with E-state index < -0.39 is 12.0 Å². The van der Waals surface area contributed by atoms with Crippen molar-refractivity contribution in [1.29, 1.82) is 0 Å². The van der Waals surface area contributed by atoms with Gasteiger partial charge in [0, 0.05) is 13.0 Å². The highest BCUT2D eigenvalue weighted by atomic mass is 16.5. The van der Waals surface area contributed by atoms with Crippen LogP contribution in [-0.4, -0.2) is 41.1 Å². The SMILES string of the molecule is CCOc1ccc(CCC(=O)N2CCCC2C(=O)O)cc1. The van der Waals surface area contributed by atoms with Gasteiger partial charge in [0.2, 0.25) is 5.91 Å². The van der Waals surface area contributed by atoms with Crippen molar-refractivity contribution in [2.24, 2.45) is 0 Å². The van der Waals surface area contributed by atoms with Crippen LogP contribution in [0, 0.1) is 0 Å². The maximum atomic E-state index is 12.1. The summed E-state index contributed by atoms with van der Waals surface area (Å²) in [7, 11) is 0. The quantitative estimate of drug-likeness (QED) is 0.871. The zero-order chi connectivity index (χ0) is 15.2. The van der Waals surface area contributed by atoms with E-state index in [0.29, 0.717) is 32.4 Å². The third-order valence-electron chi connectivity index (χ3n) is 3.72. The van der Waals surface area contributed by atoms with Crippen molar-refractivity contribution in [3.8, 4) is 5.75 Å². The lowest BCUT2D eigenvalue weighted by atomic mass is 10.1. The molecule has 1 amide bonds. The molecule has 2 rings (SSSR count). The summed E-state index contributed by atoms with van der Waals surface area (Å²) in [5, 5.41) is 9.09. The summed E-state index contributed by atoms with van der Waals surface area (Å²) in [6, 6.07) is 7.02. The fourth-order valence-corrected chi connectivity index (χ4v) is 2.64. The lowest BCUT2D eigenvalue weighted by Crippen LogP contribution is -2.40. The van der Waals surface area contributed by atoms with Gasteiger partial charge in [0.25, 0.3) is 0 Å². The number of rotatable bonds is 6. The molecule has 0 aliphatic carbocycles. The Kier molecular flexibility index (Phi) is 5.20. The second-order valence-electron chi connectivity index (χ2n) is 5.16. The van der Waals surface area contributed by atoms with E-state index in [4.69, 9.17) is 9.84 Å². The Morgan fingerprint density at radius 2 is 2.05 bits per heavy atom. The summed E-state index contributed by atoms with van der Waals surface area (Å²) in [5.74, 6) is -0.159. The van der Waals surface area contributed by atoms with Crippen LogP contribution in [0.5, 0.6) is 5.75 Å². The standard InChI is InChI=1S/C16H21NO4/c1-2-21-13-8-5-12(6-9-13)7-10-15(18)17-11-3-4-14(17)16(19)20/h5-6,8-9,14H,2-4,7,10-11H2,1H3,(H,19,20). The van der Waals surface area contributed by atoms with E-state index in [9.17, 15) is 9.59 Å². The summed E-state index contributed by atoms with van der Waals surface area (Å²) in [4.78, 5) is 24.7. The van der Waals surface area contributed by atoms with Gasteiger partial charge in [-0.05, 0) is 43.9 Å². The maximum Gasteiger partial charge on any atom is 0.326 e. The van der Waals surface area contributed by atoms with Crippen LogP contribution in [0.15, 0.2) is 24.3 Å². The number of hydrogen-bond acceptors (Lipinski definition) is 3. The number of benzene rings is 1. The first kappa shape index (κ1) is 15.4. The molecule has 1 aromatic carbocycles. The van der Waals surface area contributed by atoms with E-state index in [2.05, 4.69) is 0 Å². The van der Waals surface area contributed by atoms with Crippen molar-refractivity contribution < 1.29 is 19.4 Å². The van der Waals surface area contributed by atoms with Crippen LogP contribution < -0.4 is 4.74 Å².